The molecular formula is C11H12BrNO2. The number of ether oxygens (including phenoxy) is 1. The molecule has 0 aromatic carbocycles. The van der Waals surface area contributed by atoms with E-state index in [-0.39, 0.29) is 11.9 Å². The lowest BCUT2D eigenvalue weighted by Crippen LogP contribution is -2.17. The van der Waals surface area contributed by atoms with Crippen LogP contribution in [0, 0.1) is 5.92 Å². The topological polar surface area (TPSA) is 39.2 Å². The van der Waals surface area contributed by atoms with E-state index >= 15 is 0 Å². The third-order valence-electron chi connectivity index (χ3n) is 2.63. The number of aromatic nitrogens is 1. The fourth-order valence-electron chi connectivity index (χ4n) is 1.71. The first-order valence-corrected chi connectivity index (χ1v) is 5.71. The van der Waals surface area contributed by atoms with Crippen LogP contribution in [0.1, 0.15) is 24.5 Å². The van der Waals surface area contributed by atoms with Crippen molar-refractivity contribution >= 4 is 21.9 Å². The summed E-state index contributed by atoms with van der Waals surface area (Å²) in [5.74, 6) is 0.0196. The van der Waals surface area contributed by atoms with E-state index in [2.05, 4.69) is 20.9 Å². The molecule has 1 fully saturated rings. The number of pyridine rings is 1. The van der Waals surface area contributed by atoms with Crippen molar-refractivity contribution in [2.24, 2.45) is 5.92 Å². The molecule has 80 valence electrons. The largest absolute Gasteiger partial charge is 0.468 e. The third kappa shape index (κ3) is 2.20. The molecule has 3 nitrogen and oxygen atoms in total. The highest BCUT2D eigenvalue weighted by molar-refractivity contribution is 9.10. The van der Waals surface area contributed by atoms with Gasteiger partial charge in [0, 0.05) is 10.7 Å². The Labute approximate surface area is 97.0 Å². The normalized spacial score (nSPS) is 17.2. The average molecular weight is 270 g/mol. The zero-order valence-corrected chi connectivity index (χ0v) is 10.0. The quantitative estimate of drug-likeness (QED) is 0.792. The molecule has 1 unspecified atom stereocenters. The lowest BCUT2D eigenvalue weighted by Gasteiger charge is -2.14. The van der Waals surface area contributed by atoms with E-state index in [1.54, 1.807) is 6.20 Å². The molecule has 4 heteroatoms. The maximum Gasteiger partial charge on any atom is 0.315 e. The Morgan fingerprint density at radius 2 is 2.40 bits per heavy atom. The Bertz CT molecular complexity index is 377. The van der Waals surface area contributed by atoms with Crippen LogP contribution < -0.4 is 0 Å². The Hall–Kier alpha value is -0.900. The number of nitrogens with zero attached hydrogens (tertiary/aromatic N) is 1. The van der Waals surface area contributed by atoms with Gasteiger partial charge in [0.05, 0.1) is 12.8 Å². The molecule has 1 atom stereocenters. The van der Waals surface area contributed by atoms with Gasteiger partial charge in [0.15, 0.2) is 0 Å². The molecule has 1 saturated carbocycles. The van der Waals surface area contributed by atoms with E-state index in [9.17, 15) is 4.79 Å². The van der Waals surface area contributed by atoms with E-state index in [0.717, 1.165) is 23.0 Å². The highest BCUT2D eigenvalue weighted by Gasteiger charge is 2.39. The second-order valence-corrected chi connectivity index (χ2v) is 4.56. The molecule has 0 aliphatic heterocycles. The number of hydrogen-bond donors (Lipinski definition) is 0. The van der Waals surface area contributed by atoms with Crippen LogP contribution in [0.2, 0.25) is 0 Å². The van der Waals surface area contributed by atoms with E-state index in [1.807, 2.05) is 12.1 Å². The van der Waals surface area contributed by atoms with Crippen LogP contribution in [-0.4, -0.2) is 18.1 Å². The summed E-state index contributed by atoms with van der Waals surface area (Å²) in [4.78, 5) is 15.9. The van der Waals surface area contributed by atoms with E-state index in [0.29, 0.717) is 5.92 Å². The Balaban J connectivity index is 2.32. The predicted molar refractivity (Wildman–Crippen MR) is 59.4 cm³/mol. The van der Waals surface area contributed by atoms with Gasteiger partial charge in [-0.25, -0.2) is 0 Å². The van der Waals surface area contributed by atoms with Crippen LogP contribution in [0.4, 0.5) is 0 Å². The Kier molecular flexibility index (Phi) is 3.05. The molecule has 1 heterocycles. The summed E-state index contributed by atoms with van der Waals surface area (Å²) in [7, 11) is 1.43. The van der Waals surface area contributed by atoms with Gasteiger partial charge >= 0.3 is 5.97 Å². The van der Waals surface area contributed by atoms with Crippen molar-refractivity contribution in [2.45, 2.75) is 18.8 Å². The number of carbonyl (C=O) groups excluding carboxylic acids is 1. The average Bonchev–Trinajstić information content (AvgIpc) is 3.05. The van der Waals surface area contributed by atoms with Crippen molar-refractivity contribution in [2.75, 3.05) is 7.11 Å². The second-order valence-electron chi connectivity index (χ2n) is 3.71. The standard InChI is InChI=1S/C11H12BrNO2/c1-15-11(14)9(7-4-5-7)10-8(12)3-2-6-13-10/h2-3,6-7,9H,4-5H2,1H3. The molecule has 1 aromatic heterocycles. The van der Waals surface area contributed by atoms with Gasteiger partial charge in [0.1, 0.15) is 5.92 Å². The van der Waals surface area contributed by atoms with Gasteiger partial charge in [-0.15, -0.1) is 0 Å². The van der Waals surface area contributed by atoms with Gasteiger partial charge in [0.2, 0.25) is 0 Å². The zero-order chi connectivity index (χ0) is 10.8. The second kappa shape index (κ2) is 4.31. The monoisotopic (exact) mass is 269 g/mol. The summed E-state index contributed by atoms with van der Waals surface area (Å²) in [6.45, 7) is 0. The van der Waals surface area contributed by atoms with Crippen molar-refractivity contribution in [3.8, 4) is 0 Å². The van der Waals surface area contributed by atoms with Crippen molar-refractivity contribution in [3.05, 3.63) is 28.5 Å². The first-order chi connectivity index (χ1) is 7.24. The van der Waals surface area contributed by atoms with Gasteiger partial charge in [-0.3, -0.25) is 9.78 Å². The van der Waals surface area contributed by atoms with Crippen molar-refractivity contribution in [1.29, 1.82) is 0 Å². The maximum absolute atomic E-state index is 11.7. The summed E-state index contributed by atoms with van der Waals surface area (Å²) in [6.07, 6.45) is 3.88. The number of halogens is 1. The molecule has 0 bridgehead atoms. The molecule has 15 heavy (non-hydrogen) atoms. The fraction of sp³-hybridized carbons (Fsp3) is 0.455. The minimum absolute atomic E-state index is 0.183. The third-order valence-corrected chi connectivity index (χ3v) is 3.30. The molecule has 1 aliphatic carbocycles. The summed E-state index contributed by atoms with van der Waals surface area (Å²) >= 11 is 3.42. The number of esters is 1. The highest BCUT2D eigenvalue weighted by atomic mass is 79.9. The molecule has 0 saturated heterocycles. The molecule has 2 rings (SSSR count). The van der Waals surface area contributed by atoms with Crippen LogP contribution in [0.25, 0.3) is 0 Å². The smallest absolute Gasteiger partial charge is 0.315 e. The highest BCUT2D eigenvalue weighted by Crippen LogP contribution is 2.44. The van der Waals surface area contributed by atoms with Crippen molar-refractivity contribution in [3.63, 3.8) is 0 Å². The molecule has 0 N–H and O–H groups in total. The lowest BCUT2D eigenvalue weighted by atomic mass is 9.99. The maximum atomic E-state index is 11.7. The molecule has 1 aliphatic rings. The Morgan fingerprint density at radius 1 is 1.67 bits per heavy atom. The SMILES string of the molecule is COC(=O)C(c1ncccc1Br)C1CC1. The van der Waals surface area contributed by atoms with Gasteiger partial charge in [-0.2, -0.15) is 0 Å². The van der Waals surface area contributed by atoms with E-state index < -0.39 is 0 Å². The summed E-state index contributed by atoms with van der Waals surface area (Å²) in [6, 6.07) is 3.75. The van der Waals surface area contributed by atoms with Gasteiger partial charge in [0.25, 0.3) is 0 Å². The molecule has 0 radical (unpaired) electrons. The Morgan fingerprint density at radius 3 is 2.93 bits per heavy atom. The van der Waals surface area contributed by atoms with Gasteiger partial charge in [-0.1, -0.05) is 0 Å². The van der Waals surface area contributed by atoms with E-state index in [1.165, 1.54) is 7.11 Å². The van der Waals surface area contributed by atoms with Crippen LogP contribution in [-0.2, 0) is 9.53 Å². The van der Waals surface area contributed by atoms with Crippen molar-refractivity contribution < 1.29 is 9.53 Å². The van der Waals surface area contributed by atoms with Crippen LogP contribution in [0.5, 0.6) is 0 Å². The summed E-state index contributed by atoms with van der Waals surface area (Å²) in [5.41, 5.74) is 0.798. The number of methoxy groups -OCH3 is 1. The van der Waals surface area contributed by atoms with Gasteiger partial charge < -0.3 is 4.74 Å². The zero-order valence-electron chi connectivity index (χ0n) is 8.44. The van der Waals surface area contributed by atoms with Crippen LogP contribution >= 0.6 is 15.9 Å². The fourth-order valence-corrected chi connectivity index (χ4v) is 2.21. The predicted octanol–water partition coefficient (Wildman–Crippen LogP) is 2.51. The first-order valence-electron chi connectivity index (χ1n) is 4.92. The van der Waals surface area contributed by atoms with Crippen molar-refractivity contribution in [1.82, 2.24) is 4.98 Å². The first kappa shape index (κ1) is 10.6. The molecule has 0 amide bonds. The van der Waals surface area contributed by atoms with Crippen LogP contribution in [0.3, 0.4) is 0 Å². The van der Waals surface area contributed by atoms with Crippen LogP contribution in [0.15, 0.2) is 22.8 Å². The molecular weight excluding hydrogens is 258 g/mol. The lowest BCUT2D eigenvalue weighted by molar-refractivity contribution is -0.143. The minimum atomic E-state index is -0.203. The number of rotatable bonds is 3. The summed E-state index contributed by atoms with van der Waals surface area (Å²) in [5, 5.41) is 0. The van der Waals surface area contributed by atoms with E-state index in [4.69, 9.17) is 4.74 Å². The number of carbonyl (C=O) groups is 1. The van der Waals surface area contributed by atoms with Gasteiger partial charge in [-0.05, 0) is 46.8 Å². The molecule has 0 spiro atoms. The summed E-state index contributed by atoms with van der Waals surface area (Å²) < 4.78 is 5.71. The number of hydrogen-bond acceptors (Lipinski definition) is 3. The minimum Gasteiger partial charge on any atom is -0.468 e. The molecule has 1 aromatic rings.